The van der Waals surface area contributed by atoms with Crippen LogP contribution >= 0.6 is 0 Å². The number of hydrogen-bond acceptors (Lipinski definition) is 5. The first kappa shape index (κ1) is 17.1. The lowest BCUT2D eigenvalue weighted by Crippen LogP contribution is -2.46. The lowest BCUT2D eigenvalue weighted by atomic mass is 9.88. The van der Waals surface area contributed by atoms with Crippen LogP contribution in [0.1, 0.15) is 45.4 Å². The molecule has 1 amide bonds. The first-order valence-corrected chi connectivity index (χ1v) is 9.15. The van der Waals surface area contributed by atoms with Gasteiger partial charge in [-0.2, -0.15) is 0 Å². The van der Waals surface area contributed by atoms with Crippen LogP contribution in [0.3, 0.4) is 0 Å². The first-order chi connectivity index (χ1) is 11.7. The van der Waals surface area contributed by atoms with Crippen molar-refractivity contribution in [2.75, 3.05) is 24.6 Å². The van der Waals surface area contributed by atoms with Gasteiger partial charge >= 0.3 is 0 Å². The van der Waals surface area contributed by atoms with Crippen molar-refractivity contribution in [2.24, 2.45) is 5.92 Å². The molecule has 0 spiro atoms. The summed E-state index contributed by atoms with van der Waals surface area (Å²) in [6.45, 7) is 4.16. The third-order valence-corrected chi connectivity index (χ3v) is 5.16. The van der Waals surface area contributed by atoms with Gasteiger partial charge in [0, 0.05) is 31.5 Å². The van der Waals surface area contributed by atoms with Crippen LogP contribution in [-0.4, -0.2) is 47.7 Å². The minimum atomic E-state index is 0.0159. The molecule has 1 aromatic heterocycles. The number of rotatable bonds is 5. The summed E-state index contributed by atoms with van der Waals surface area (Å²) in [6.07, 6.45) is 10.4. The van der Waals surface area contributed by atoms with E-state index in [1.165, 1.54) is 19.3 Å². The molecule has 1 aromatic rings. The number of amides is 1. The smallest absolute Gasteiger partial charge is 0.246 e. The monoisotopic (exact) mass is 332 g/mol. The molecule has 1 saturated carbocycles. The molecule has 1 N–H and O–H groups in total. The maximum absolute atomic E-state index is 12.1. The third-order valence-electron chi connectivity index (χ3n) is 5.16. The van der Waals surface area contributed by atoms with E-state index in [4.69, 9.17) is 4.74 Å². The summed E-state index contributed by atoms with van der Waals surface area (Å²) in [7, 11) is 0. The van der Waals surface area contributed by atoms with Crippen LogP contribution in [0.25, 0.3) is 0 Å². The van der Waals surface area contributed by atoms with Crippen molar-refractivity contribution in [1.82, 2.24) is 15.3 Å². The number of anilines is 1. The standard InChI is InChI=1S/C18H28N4O2/c1-14-5-2-3-6-16(14)24-13-17(23)21-15-7-11-22(12-8-15)18-19-9-4-10-20-18/h4,9-10,14-16H,2-3,5-8,11-13H2,1H3,(H,21,23)/t14-,16-/m1/s1. The molecule has 24 heavy (non-hydrogen) atoms. The fraction of sp³-hybridized carbons (Fsp3) is 0.722. The minimum Gasteiger partial charge on any atom is -0.368 e. The van der Waals surface area contributed by atoms with E-state index in [9.17, 15) is 4.79 Å². The average molecular weight is 332 g/mol. The number of carbonyl (C=O) groups is 1. The molecule has 132 valence electrons. The summed E-state index contributed by atoms with van der Waals surface area (Å²) in [5, 5.41) is 3.11. The minimum absolute atomic E-state index is 0.0159. The highest BCUT2D eigenvalue weighted by Gasteiger charge is 2.25. The zero-order chi connectivity index (χ0) is 16.8. The van der Waals surface area contributed by atoms with Gasteiger partial charge in [-0.3, -0.25) is 4.79 Å². The first-order valence-electron chi connectivity index (χ1n) is 9.15. The van der Waals surface area contributed by atoms with Gasteiger partial charge in [-0.1, -0.05) is 19.8 Å². The van der Waals surface area contributed by atoms with Crippen LogP contribution in [0, 0.1) is 5.92 Å². The Morgan fingerprint density at radius 3 is 2.62 bits per heavy atom. The van der Waals surface area contributed by atoms with E-state index in [0.717, 1.165) is 38.3 Å². The molecule has 6 heteroatoms. The number of nitrogens with zero attached hydrogens (tertiary/aromatic N) is 3. The van der Waals surface area contributed by atoms with Crippen LogP contribution < -0.4 is 10.2 Å². The fourth-order valence-corrected chi connectivity index (χ4v) is 3.66. The second-order valence-corrected chi connectivity index (χ2v) is 6.99. The maximum atomic E-state index is 12.1. The zero-order valence-electron chi connectivity index (χ0n) is 14.5. The molecule has 0 unspecified atom stereocenters. The SMILES string of the molecule is C[C@@H]1CCCC[C@H]1OCC(=O)NC1CCN(c2ncccn2)CC1. The molecular weight excluding hydrogens is 304 g/mol. The summed E-state index contributed by atoms with van der Waals surface area (Å²) < 4.78 is 5.85. The van der Waals surface area contributed by atoms with Gasteiger partial charge in [-0.05, 0) is 37.7 Å². The number of carbonyl (C=O) groups excluding carboxylic acids is 1. The van der Waals surface area contributed by atoms with Crippen molar-refractivity contribution >= 4 is 11.9 Å². The van der Waals surface area contributed by atoms with Gasteiger partial charge in [0.1, 0.15) is 6.61 Å². The van der Waals surface area contributed by atoms with Crippen LogP contribution in [0.4, 0.5) is 5.95 Å². The Balaban J connectivity index is 1.37. The largest absolute Gasteiger partial charge is 0.368 e. The molecular formula is C18H28N4O2. The van der Waals surface area contributed by atoms with Crippen LogP contribution in [-0.2, 0) is 9.53 Å². The predicted octanol–water partition coefficient (Wildman–Crippen LogP) is 2.16. The van der Waals surface area contributed by atoms with Crippen molar-refractivity contribution in [3.63, 3.8) is 0 Å². The normalized spacial score (nSPS) is 25.5. The highest BCUT2D eigenvalue weighted by Crippen LogP contribution is 2.26. The van der Waals surface area contributed by atoms with E-state index in [-0.39, 0.29) is 24.7 Å². The second kappa shape index (κ2) is 8.42. The molecule has 6 nitrogen and oxygen atoms in total. The quantitative estimate of drug-likeness (QED) is 0.895. The summed E-state index contributed by atoms with van der Waals surface area (Å²) >= 11 is 0. The van der Waals surface area contributed by atoms with Gasteiger partial charge in [-0.25, -0.2) is 9.97 Å². The summed E-state index contributed by atoms with van der Waals surface area (Å²) in [5.74, 6) is 1.36. The van der Waals surface area contributed by atoms with Gasteiger partial charge < -0.3 is 15.0 Å². The van der Waals surface area contributed by atoms with Crippen LogP contribution in [0.5, 0.6) is 0 Å². The maximum Gasteiger partial charge on any atom is 0.246 e. The molecule has 2 heterocycles. The lowest BCUT2D eigenvalue weighted by Gasteiger charge is -2.32. The van der Waals surface area contributed by atoms with Gasteiger partial charge in [0.2, 0.25) is 11.9 Å². The molecule has 1 aliphatic heterocycles. The van der Waals surface area contributed by atoms with Gasteiger partial charge in [0.05, 0.1) is 6.10 Å². The number of hydrogen-bond donors (Lipinski definition) is 1. The lowest BCUT2D eigenvalue weighted by molar-refractivity contribution is -0.130. The number of nitrogens with one attached hydrogen (secondary N) is 1. The third kappa shape index (κ3) is 4.66. The number of ether oxygens (including phenoxy) is 1. The average Bonchev–Trinajstić information content (AvgIpc) is 2.62. The molecule has 1 aliphatic carbocycles. The summed E-state index contributed by atoms with van der Waals surface area (Å²) in [5.41, 5.74) is 0. The second-order valence-electron chi connectivity index (χ2n) is 6.99. The highest BCUT2D eigenvalue weighted by molar-refractivity contribution is 5.77. The van der Waals surface area contributed by atoms with Crippen molar-refractivity contribution in [3.05, 3.63) is 18.5 Å². The van der Waals surface area contributed by atoms with Gasteiger partial charge in [0.15, 0.2) is 0 Å². The van der Waals surface area contributed by atoms with Gasteiger partial charge in [-0.15, -0.1) is 0 Å². The highest BCUT2D eigenvalue weighted by atomic mass is 16.5. The predicted molar refractivity (Wildman–Crippen MR) is 92.8 cm³/mol. The Morgan fingerprint density at radius 2 is 1.92 bits per heavy atom. The van der Waals surface area contributed by atoms with E-state index in [0.29, 0.717) is 5.92 Å². The zero-order valence-corrected chi connectivity index (χ0v) is 14.5. The van der Waals surface area contributed by atoms with E-state index < -0.39 is 0 Å². The summed E-state index contributed by atoms with van der Waals surface area (Å²) in [6, 6.07) is 2.05. The van der Waals surface area contributed by atoms with E-state index in [1.54, 1.807) is 12.4 Å². The van der Waals surface area contributed by atoms with E-state index >= 15 is 0 Å². The van der Waals surface area contributed by atoms with Crippen LogP contribution in [0.2, 0.25) is 0 Å². The number of aromatic nitrogens is 2. The van der Waals surface area contributed by atoms with Crippen molar-refractivity contribution in [2.45, 2.75) is 57.6 Å². The topological polar surface area (TPSA) is 67.3 Å². The molecule has 1 saturated heterocycles. The Kier molecular flexibility index (Phi) is 6.01. The fourth-order valence-electron chi connectivity index (χ4n) is 3.66. The molecule has 2 fully saturated rings. The van der Waals surface area contributed by atoms with Crippen molar-refractivity contribution in [1.29, 1.82) is 0 Å². The molecule has 2 aliphatic rings. The molecule has 0 radical (unpaired) electrons. The molecule has 0 aromatic carbocycles. The van der Waals surface area contributed by atoms with Crippen molar-refractivity contribution < 1.29 is 9.53 Å². The molecule has 3 rings (SSSR count). The van der Waals surface area contributed by atoms with Gasteiger partial charge in [0.25, 0.3) is 0 Å². The van der Waals surface area contributed by atoms with Crippen molar-refractivity contribution in [3.8, 4) is 0 Å². The van der Waals surface area contributed by atoms with Crippen LogP contribution in [0.15, 0.2) is 18.5 Å². The van der Waals surface area contributed by atoms with E-state index in [2.05, 4.69) is 27.1 Å². The Hall–Kier alpha value is -1.69. The Bertz CT molecular complexity index is 517. The van der Waals surface area contributed by atoms with E-state index in [1.807, 2.05) is 6.07 Å². The number of piperidine rings is 1. The summed E-state index contributed by atoms with van der Waals surface area (Å²) in [4.78, 5) is 22.9. The molecule has 0 bridgehead atoms. The Morgan fingerprint density at radius 1 is 1.21 bits per heavy atom. The molecule has 2 atom stereocenters. The Labute approximate surface area is 144 Å².